The van der Waals surface area contributed by atoms with Crippen LogP contribution >= 0.6 is 11.6 Å². The highest BCUT2D eigenvalue weighted by molar-refractivity contribution is 6.36. The zero-order chi connectivity index (χ0) is 15.7. The zero-order valence-corrected chi connectivity index (χ0v) is 14.2. The summed E-state index contributed by atoms with van der Waals surface area (Å²) in [5, 5.41) is 0.245. The van der Waals surface area contributed by atoms with Crippen molar-refractivity contribution in [1.29, 1.82) is 0 Å². The molecule has 3 rings (SSSR count). The SMILES string of the molecule is [B]c1ccc(C2CCC(C3CCC(C)CC3)CC2)c(Cl)c1F. The van der Waals surface area contributed by atoms with Crippen LogP contribution in [0.5, 0.6) is 0 Å². The lowest BCUT2D eigenvalue weighted by Gasteiger charge is -2.37. The number of benzene rings is 1. The Hall–Kier alpha value is -0.495. The predicted molar refractivity (Wildman–Crippen MR) is 92.6 cm³/mol. The standard InChI is InChI=1S/C19H25BClF/c1-12-2-4-13(5-3-12)14-6-8-15(9-7-14)16-10-11-17(20)19(22)18(16)21/h10-15H,2-9H2,1H3. The van der Waals surface area contributed by atoms with Gasteiger partial charge in [0.25, 0.3) is 0 Å². The Morgan fingerprint density at radius 2 is 1.50 bits per heavy atom. The summed E-state index contributed by atoms with van der Waals surface area (Å²) >= 11 is 6.18. The van der Waals surface area contributed by atoms with Gasteiger partial charge in [-0.05, 0) is 67.8 Å². The van der Waals surface area contributed by atoms with E-state index in [1.54, 1.807) is 6.07 Å². The van der Waals surface area contributed by atoms with Crippen LogP contribution in [-0.2, 0) is 0 Å². The Balaban J connectivity index is 1.61. The van der Waals surface area contributed by atoms with E-state index >= 15 is 0 Å². The molecule has 1 aromatic carbocycles. The average Bonchev–Trinajstić information content (AvgIpc) is 2.54. The van der Waals surface area contributed by atoms with Crippen molar-refractivity contribution in [2.24, 2.45) is 17.8 Å². The molecule has 2 aliphatic rings. The molecule has 118 valence electrons. The van der Waals surface area contributed by atoms with Crippen molar-refractivity contribution in [3.8, 4) is 0 Å². The van der Waals surface area contributed by atoms with E-state index in [4.69, 9.17) is 19.4 Å². The van der Waals surface area contributed by atoms with Crippen LogP contribution in [0.3, 0.4) is 0 Å². The maximum absolute atomic E-state index is 13.9. The third-order valence-electron chi connectivity index (χ3n) is 6.08. The first-order valence-corrected chi connectivity index (χ1v) is 9.17. The Kier molecular flexibility index (Phi) is 5.17. The highest BCUT2D eigenvalue weighted by Gasteiger charge is 2.31. The molecule has 0 saturated heterocycles. The number of hydrogen-bond donors (Lipinski definition) is 0. The normalized spacial score (nSPS) is 32.9. The Morgan fingerprint density at radius 1 is 0.955 bits per heavy atom. The third-order valence-corrected chi connectivity index (χ3v) is 6.47. The van der Waals surface area contributed by atoms with Gasteiger partial charge in [-0.15, -0.1) is 0 Å². The van der Waals surface area contributed by atoms with Crippen LogP contribution in [0.2, 0.25) is 5.02 Å². The molecule has 2 fully saturated rings. The monoisotopic (exact) mass is 318 g/mol. The molecule has 0 aliphatic heterocycles. The number of halogens is 2. The molecule has 3 heteroatoms. The molecule has 0 amide bonds. The van der Waals surface area contributed by atoms with Crippen molar-refractivity contribution in [2.75, 3.05) is 0 Å². The molecule has 22 heavy (non-hydrogen) atoms. The largest absolute Gasteiger partial charge is 0.206 e. The summed E-state index contributed by atoms with van der Waals surface area (Å²) in [6.45, 7) is 2.38. The molecule has 1 aromatic rings. The summed E-state index contributed by atoms with van der Waals surface area (Å²) in [6.07, 6.45) is 10.4. The molecular weight excluding hydrogens is 293 g/mol. The molecule has 0 nitrogen and oxygen atoms in total. The van der Waals surface area contributed by atoms with Gasteiger partial charge in [-0.1, -0.05) is 49.0 Å². The summed E-state index contributed by atoms with van der Waals surface area (Å²) in [4.78, 5) is 0. The molecule has 0 unspecified atom stereocenters. The van der Waals surface area contributed by atoms with Gasteiger partial charge in [-0.3, -0.25) is 0 Å². The smallest absolute Gasteiger partial charge is 0.135 e. The van der Waals surface area contributed by atoms with Crippen LogP contribution in [-0.4, -0.2) is 7.85 Å². The second-order valence-electron chi connectivity index (χ2n) is 7.50. The van der Waals surface area contributed by atoms with Gasteiger partial charge in [-0.25, -0.2) is 4.39 Å². The second-order valence-corrected chi connectivity index (χ2v) is 7.88. The molecule has 0 spiro atoms. The summed E-state index contributed by atoms with van der Waals surface area (Å²) in [5.74, 6) is 2.69. The Morgan fingerprint density at radius 3 is 2.09 bits per heavy atom. The maximum atomic E-state index is 13.9. The van der Waals surface area contributed by atoms with Gasteiger partial charge in [0, 0.05) is 0 Å². The lowest BCUT2D eigenvalue weighted by molar-refractivity contribution is 0.165. The molecule has 0 N–H and O–H groups in total. The van der Waals surface area contributed by atoms with Crippen LogP contribution < -0.4 is 5.46 Å². The molecule has 0 bridgehead atoms. The van der Waals surface area contributed by atoms with Gasteiger partial charge < -0.3 is 0 Å². The number of hydrogen-bond acceptors (Lipinski definition) is 0. The zero-order valence-electron chi connectivity index (χ0n) is 13.5. The average molecular weight is 319 g/mol. The van der Waals surface area contributed by atoms with E-state index < -0.39 is 5.82 Å². The summed E-state index contributed by atoms with van der Waals surface area (Å²) in [7, 11) is 5.59. The molecular formula is C19H25BClF. The van der Waals surface area contributed by atoms with Crippen molar-refractivity contribution < 1.29 is 4.39 Å². The van der Waals surface area contributed by atoms with Crippen molar-refractivity contribution in [2.45, 2.75) is 64.2 Å². The number of rotatable bonds is 2. The predicted octanol–water partition coefficient (Wildman–Crippen LogP) is 5.37. The maximum Gasteiger partial charge on any atom is 0.135 e. The van der Waals surface area contributed by atoms with Gasteiger partial charge in [0.15, 0.2) is 0 Å². The van der Waals surface area contributed by atoms with Crippen molar-refractivity contribution in [3.05, 3.63) is 28.5 Å². The van der Waals surface area contributed by atoms with E-state index in [1.807, 2.05) is 6.07 Å². The fourth-order valence-electron chi connectivity index (χ4n) is 4.55. The van der Waals surface area contributed by atoms with Crippen LogP contribution in [0, 0.1) is 23.6 Å². The molecule has 0 heterocycles. The van der Waals surface area contributed by atoms with Crippen LogP contribution in [0.1, 0.15) is 69.8 Å². The van der Waals surface area contributed by atoms with Gasteiger partial charge in [-0.2, -0.15) is 0 Å². The summed E-state index contributed by atoms with van der Waals surface area (Å²) < 4.78 is 13.9. The minimum Gasteiger partial charge on any atom is -0.206 e. The van der Waals surface area contributed by atoms with E-state index in [0.717, 1.165) is 36.2 Å². The topological polar surface area (TPSA) is 0 Å². The molecule has 0 atom stereocenters. The second kappa shape index (κ2) is 6.95. The Labute approximate surface area is 140 Å². The highest BCUT2D eigenvalue weighted by Crippen LogP contribution is 2.44. The van der Waals surface area contributed by atoms with Crippen molar-refractivity contribution in [1.82, 2.24) is 0 Å². The van der Waals surface area contributed by atoms with Gasteiger partial charge in [0.1, 0.15) is 13.7 Å². The molecule has 2 saturated carbocycles. The van der Waals surface area contributed by atoms with Gasteiger partial charge >= 0.3 is 0 Å². The minimum absolute atomic E-state index is 0.152. The van der Waals surface area contributed by atoms with E-state index in [9.17, 15) is 4.39 Å². The van der Waals surface area contributed by atoms with Crippen LogP contribution in [0.15, 0.2) is 12.1 Å². The van der Waals surface area contributed by atoms with E-state index in [-0.39, 0.29) is 10.5 Å². The molecule has 2 radical (unpaired) electrons. The van der Waals surface area contributed by atoms with Crippen molar-refractivity contribution >= 4 is 24.9 Å². The van der Waals surface area contributed by atoms with Gasteiger partial charge in [0.05, 0.1) is 5.02 Å². The Bertz CT molecular complexity index is 514. The van der Waals surface area contributed by atoms with Crippen molar-refractivity contribution in [3.63, 3.8) is 0 Å². The fourth-order valence-corrected chi connectivity index (χ4v) is 4.88. The first-order valence-electron chi connectivity index (χ1n) is 8.79. The lowest BCUT2D eigenvalue weighted by Crippen LogP contribution is -2.25. The molecule has 2 aliphatic carbocycles. The minimum atomic E-state index is -0.442. The van der Waals surface area contributed by atoms with E-state index in [1.165, 1.54) is 38.5 Å². The van der Waals surface area contributed by atoms with E-state index in [2.05, 4.69) is 6.92 Å². The first kappa shape index (κ1) is 16.4. The molecule has 0 aromatic heterocycles. The summed E-state index contributed by atoms with van der Waals surface area (Å²) in [5.41, 5.74) is 1.11. The van der Waals surface area contributed by atoms with Gasteiger partial charge in [0.2, 0.25) is 0 Å². The summed E-state index contributed by atoms with van der Waals surface area (Å²) in [6, 6.07) is 3.58. The highest BCUT2D eigenvalue weighted by atomic mass is 35.5. The van der Waals surface area contributed by atoms with Crippen LogP contribution in [0.4, 0.5) is 4.39 Å². The third kappa shape index (κ3) is 3.37. The fraction of sp³-hybridized carbons (Fsp3) is 0.684. The van der Waals surface area contributed by atoms with E-state index in [0.29, 0.717) is 5.92 Å². The quantitative estimate of drug-likeness (QED) is 0.643. The van der Waals surface area contributed by atoms with Crippen LogP contribution in [0.25, 0.3) is 0 Å². The first-order chi connectivity index (χ1) is 10.6. The lowest BCUT2D eigenvalue weighted by atomic mass is 9.68.